The highest BCUT2D eigenvalue weighted by Gasteiger charge is 2.29. The summed E-state index contributed by atoms with van der Waals surface area (Å²) in [5.74, 6) is 0.0864. The van der Waals surface area contributed by atoms with Crippen molar-refractivity contribution >= 4 is 62.7 Å². The Kier molecular flexibility index (Phi) is 3.69. The van der Waals surface area contributed by atoms with Gasteiger partial charge in [0.15, 0.2) is 16.1 Å². The van der Waals surface area contributed by atoms with E-state index >= 15 is 0 Å². The van der Waals surface area contributed by atoms with E-state index < -0.39 is 5.82 Å². The summed E-state index contributed by atoms with van der Waals surface area (Å²) in [6, 6.07) is 0. The zero-order valence-electron chi connectivity index (χ0n) is 9.90. The van der Waals surface area contributed by atoms with Crippen molar-refractivity contribution in [2.24, 2.45) is 0 Å². The average Bonchev–Trinajstić information content (AvgIpc) is 2.42. The molecule has 0 aromatic carbocycles. The smallest absolute Gasteiger partial charge is 0.187 e. The van der Waals surface area contributed by atoms with Crippen molar-refractivity contribution in [3.8, 4) is 0 Å². The quantitative estimate of drug-likeness (QED) is 0.189. The first-order valence-corrected chi connectivity index (χ1v) is 8.43. The molecule has 100 valence electrons. The van der Waals surface area contributed by atoms with Crippen molar-refractivity contribution < 1.29 is 4.39 Å². The summed E-state index contributed by atoms with van der Waals surface area (Å²) >= 11 is 9.57. The molecule has 1 saturated heterocycles. The van der Waals surface area contributed by atoms with Gasteiger partial charge < -0.3 is 4.90 Å². The van der Waals surface area contributed by atoms with Crippen LogP contribution >= 0.6 is 46.0 Å². The van der Waals surface area contributed by atoms with E-state index in [0.717, 1.165) is 13.0 Å². The number of anilines is 1. The Morgan fingerprint density at radius 3 is 2.89 bits per heavy atom. The molecule has 0 saturated carbocycles. The van der Waals surface area contributed by atoms with E-state index in [4.69, 9.17) is 11.6 Å². The lowest BCUT2D eigenvalue weighted by molar-refractivity contribution is 0.585. The number of hydrogen-bond donors (Lipinski definition) is 0. The Morgan fingerprint density at radius 2 is 2.32 bits per heavy atom. The normalized spacial score (nSPS) is 18.7. The van der Waals surface area contributed by atoms with Crippen LogP contribution in [0.15, 0.2) is 11.4 Å². The van der Waals surface area contributed by atoms with Gasteiger partial charge in [0.1, 0.15) is 11.3 Å². The van der Waals surface area contributed by atoms with E-state index in [1.54, 1.807) is 6.20 Å². The topological polar surface area (TPSA) is 41.9 Å². The number of aromatic nitrogens is 3. The van der Waals surface area contributed by atoms with Crippen molar-refractivity contribution in [2.45, 2.75) is 15.6 Å². The summed E-state index contributed by atoms with van der Waals surface area (Å²) < 4.78 is 14.4. The third-order valence-corrected chi connectivity index (χ3v) is 5.11. The zero-order chi connectivity index (χ0) is 13.6. The second-order valence-electron chi connectivity index (χ2n) is 4.08. The van der Waals surface area contributed by atoms with Crippen LogP contribution < -0.4 is 4.90 Å². The number of thioether (sulfide) groups is 1. The number of hydrogen-bond acceptors (Lipinski definition) is 5. The van der Waals surface area contributed by atoms with Crippen LogP contribution in [-0.4, -0.2) is 31.8 Å². The Labute approximate surface area is 132 Å². The van der Waals surface area contributed by atoms with Crippen molar-refractivity contribution in [2.75, 3.05) is 17.7 Å². The van der Waals surface area contributed by atoms with Crippen molar-refractivity contribution in [1.82, 2.24) is 15.0 Å². The van der Waals surface area contributed by atoms with Crippen molar-refractivity contribution in [3.05, 3.63) is 17.2 Å². The van der Waals surface area contributed by atoms with Crippen LogP contribution in [0, 0.1) is 5.82 Å². The van der Waals surface area contributed by atoms with E-state index in [-0.39, 0.29) is 10.7 Å². The van der Waals surface area contributed by atoms with Gasteiger partial charge in [0.05, 0.1) is 9.43 Å². The third-order valence-electron chi connectivity index (χ3n) is 3.00. The maximum atomic E-state index is 14.1. The summed E-state index contributed by atoms with van der Waals surface area (Å²) in [5.41, 5.74) is 0.241. The molecule has 0 amide bonds. The minimum Gasteiger partial charge on any atom is -0.344 e. The second-order valence-corrected chi connectivity index (χ2v) is 6.64. The predicted octanol–water partition coefficient (Wildman–Crippen LogP) is 3.51. The first kappa shape index (κ1) is 13.6. The van der Waals surface area contributed by atoms with E-state index in [2.05, 4.69) is 42.4 Å². The molecule has 0 unspecified atom stereocenters. The third kappa shape index (κ3) is 2.25. The Morgan fingerprint density at radius 1 is 1.53 bits per heavy atom. The Bertz CT molecular complexity index is 656. The summed E-state index contributed by atoms with van der Waals surface area (Å²) in [4.78, 5) is 14.6. The lowest BCUT2D eigenvalue weighted by atomic mass is 10.2. The number of rotatable bonds is 2. The molecule has 1 fully saturated rings. The number of nitrogens with zero attached hydrogens (tertiary/aromatic N) is 4. The van der Waals surface area contributed by atoms with Gasteiger partial charge in [0, 0.05) is 12.7 Å². The fourth-order valence-corrected chi connectivity index (χ4v) is 3.24. The molecule has 1 aliphatic heterocycles. The maximum Gasteiger partial charge on any atom is 0.187 e. The van der Waals surface area contributed by atoms with Gasteiger partial charge in [-0.3, -0.25) is 0 Å². The highest BCUT2D eigenvalue weighted by molar-refractivity contribution is 14.1. The highest BCUT2D eigenvalue weighted by atomic mass is 127. The number of alkyl halides is 1. The maximum absolute atomic E-state index is 14.1. The van der Waals surface area contributed by atoms with Gasteiger partial charge in [0.2, 0.25) is 0 Å². The van der Waals surface area contributed by atoms with E-state index in [1.165, 1.54) is 11.8 Å². The fraction of sp³-hybridized carbons (Fsp3) is 0.364. The molecular weight excluding hydrogens is 402 g/mol. The highest BCUT2D eigenvalue weighted by Crippen LogP contribution is 2.36. The summed E-state index contributed by atoms with van der Waals surface area (Å²) in [5, 5.41) is 0.999. The van der Waals surface area contributed by atoms with Crippen LogP contribution in [0.5, 0.6) is 0 Å². The molecule has 2 aromatic heterocycles. The van der Waals surface area contributed by atoms with Crippen molar-refractivity contribution in [3.63, 3.8) is 0 Å². The molecule has 4 nitrogen and oxygen atoms in total. The van der Waals surface area contributed by atoms with Crippen LogP contribution in [0.2, 0.25) is 5.15 Å². The van der Waals surface area contributed by atoms with Gasteiger partial charge in [-0.1, -0.05) is 46.0 Å². The first-order chi connectivity index (χ1) is 9.11. The first-order valence-electron chi connectivity index (χ1n) is 5.58. The minimum atomic E-state index is -0.580. The van der Waals surface area contributed by atoms with Crippen molar-refractivity contribution in [1.29, 1.82) is 0 Å². The largest absolute Gasteiger partial charge is 0.344 e. The van der Waals surface area contributed by atoms with E-state index in [0.29, 0.717) is 20.4 Å². The second kappa shape index (κ2) is 5.17. The lowest BCUT2D eigenvalue weighted by Gasteiger charge is -2.38. The number of fused-ring (bicyclic) bond motifs is 1. The zero-order valence-corrected chi connectivity index (χ0v) is 13.6. The average molecular weight is 411 g/mol. The van der Waals surface area contributed by atoms with Crippen LogP contribution in [-0.2, 0) is 0 Å². The molecule has 3 rings (SSSR count). The molecule has 0 aliphatic carbocycles. The predicted molar refractivity (Wildman–Crippen MR) is 83.9 cm³/mol. The summed E-state index contributed by atoms with van der Waals surface area (Å²) in [7, 11) is 0. The lowest BCUT2D eigenvalue weighted by Crippen LogP contribution is -2.44. The number of pyridine rings is 1. The van der Waals surface area contributed by atoms with Crippen LogP contribution in [0.25, 0.3) is 10.9 Å². The molecule has 0 spiro atoms. The van der Waals surface area contributed by atoms with Gasteiger partial charge in [-0.15, -0.1) is 0 Å². The van der Waals surface area contributed by atoms with Gasteiger partial charge in [-0.05, 0) is 12.7 Å². The van der Waals surface area contributed by atoms with E-state index in [9.17, 15) is 4.39 Å². The molecule has 1 atom stereocenters. The summed E-state index contributed by atoms with van der Waals surface area (Å²) in [6.45, 7) is 0.891. The Balaban J connectivity index is 2.25. The van der Waals surface area contributed by atoms with Crippen LogP contribution in [0.4, 0.5) is 10.2 Å². The molecule has 1 aliphatic rings. The van der Waals surface area contributed by atoms with Gasteiger partial charge in [-0.2, -0.15) is 0 Å². The van der Waals surface area contributed by atoms with Gasteiger partial charge in [0.25, 0.3) is 0 Å². The fourth-order valence-electron chi connectivity index (χ4n) is 1.91. The molecule has 0 radical (unpaired) electrons. The molecule has 19 heavy (non-hydrogen) atoms. The van der Waals surface area contributed by atoms with Gasteiger partial charge in [-0.25, -0.2) is 19.3 Å². The van der Waals surface area contributed by atoms with Crippen LogP contribution in [0.3, 0.4) is 0 Å². The molecule has 0 N–H and O–H groups in total. The Hall–Kier alpha value is -0.410. The minimum absolute atomic E-state index is 0.135. The summed E-state index contributed by atoms with van der Waals surface area (Å²) in [6.07, 6.45) is 4.55. The standard InChI is InChI=1S/C11H9ClFIN4S/c1-19-11-15-4-5-8(16-11)7(13)9(12)17-10(5)18-3-2-6(18)14/h4,6H,2-3H2,1H3/t6-/m1/s1. The van der Waals surface area contributed by atoms with E-state index in [1.807, 2.05) is 6.26 Å². The monoisotopic (exact) mass is 410 g/mol. The molecule has 3 heterocycles. The molecular formula is C11H9ClFIN4S. The molecule has 0 bridgehead atoms. The van der Waals surface area contributed by atoms with Crippen LogP contribution in [0.1, 0.15) is 6.42 Å². The molecule has 2 aromatic rings. The molecule has 8 heteroatoms. The number of halogens is 3. The van der Waals surface area contributed by atoms with Gasteiger partial charge >= 0.3 is 0 Å². The SMILES string of the molecule is CSc1ncc2c(N3CC[C@@H]3I)nc(Cl)c(F)c2n1.